The number of halogens is 2. The van der Waals surface area contributed by atoms with Crippen molar-refractivity contribution in [3.8, 4) is 0 Å². The molecule has 0 bridgehead atoms. The van der Waals surface area contributed by atoms with Gasteiger partial charge in [0.1, 0.15) is 5.58 Å². The second-order valence-electron chi connectivity index (χ2n) is 2.80. The normalized spacial score (nSPS) is 11.1. The predicted octanol–water partition coefficient (Wildman–Crippen LogP) is 2.88. The van der Waals surface area contributed by atoms with Crippen molar-refractivity contribution < 1.29 is 18.0 Å². The molecule has 4 heteroatoms. The lowest BCUT2D eigenvalue weighted by atomic mass is 10.1. The van der Waals surface area contributed by atoms with Crippen molar-refractivity contribution in [3.05, 3.63) is 36.1 Å². The van der Waals surface area contributed by atoms with E-state index in [0.29, 0.717) is 11.0 Å². The number of hydrogen-bond acceptors (Lipinski definition) is 2. The largest absolute Gasteiger partial charge is 0.464 e. The monoisotopic (exact) mass is 196 g/mol. The summed E-state index contributed by atoms with van der Waals surface area (Å²) in [6, 6.07) is 6.01. The van der Waals surface area contributed by atoms with Crippen LogP contribution in [0.5, 0.6) is 0 Å². The molecule has 0 saturated heterocycles. The molecule has 2 nitrogen and oxygen atoms in total. The molecule has 2 rings (SSSR count). The van der Waals surface area contributed by atoms with Crippen molar-refractivity contribution >= 4 is 16.8 Å². The van der Waals surface area contributed by atoms with Gasteiger partial charge in [0.05, 0.1) is 6.26 Å². The fourth-order valence-corrected chi connectivity index (χ4v) is 1.33. The van der Waals surface area contributed by atoms with Crippen LogP contribution in [0.15, 0.2) is 34.9 Å². The molecule has 14 heavy (non-hydrogen) atoms. The molecule has 0 saturated carbocycles. The molecule has 0 spiro atoms. The first-order valence-electron chi connectivity index (χ1n) is 3.99. The molecule has 0 radical (unpaired) electrons. The lowest BCUT2D eigenvalue weighted by molar-refractivity contribution is 0.0680. The number of carbonyl (C=O) groups is 1. The minimum Gasteiger partial charge on any atom is -0.464 e. The molecule has 1 aromatic heterocycles. The van der Waals surface area contributed by atoms with Gasteiger partial charge in [-0.25, -0.2) is 8.78 Å². The third kappa shape index (κ3) is 1.28. The summed E-state index contributed by atoms with van der Waals surface area (Å²) < 4.78 is 29.3. The highest BCUT2D eigenvalue weighted by Crippen LogP contribution is 2.21. The summed E-state index contributed by atoms with van der Waals surface area (Å²) in [6.07, 6.45) is -1.61. The Kier molecular flexibility index (Phi) is 2.04. The molecule has 1 heterocycles. The third-order valence-electron chi connectivity index (χ3n) is 1.96. The van der Waals surface area contributed by atoms with E-state index in [9.17, 15) is 13.6 Å². The van der Waals surface area contributed by atoms with E-state index in [1.54, 1.807) is 6.07 Å². The van der Waals surface area contributed by atoms with E-state index in [4.69, 9.17) is 4.42 Å². The van der Waals surface area contributed by atoms with Gasteiger partial charge in [-0.15, -0.1) is 0 Å². The van der Waals surface area contributed by atoms with Crippen LogP contribution in [0, 0.1) is 0 Å². The van der Waals surface area contributed by atoms with Crippen LogP contribution in [0.1, 0.15) is 10.4 Å². The number of Topliss-reactive ketones (excluding diaryl/α,β-unsaturated/α-hetero) is 1. The second-order valence-corrected chi connectivity index (χ2v) is 2.80. The molecule has 0 unspecified atom stereocenters. The van der Waals surface area contributed by atoms with Gasteiger partial charge in [-0.1, -0.05) is 12.1 Å². The summed E-state index contributed by atoms with van der Waals surface area (Å²) in [7, 11) is 0. The minimum absolute atomic E-state index is 0.00579. The SMILES string of the molecule is O=C(c1cccc2occc12)C(F)F. The van der Waals surface area contributed by atoms with Crippen LogP contribution in [0.4, 0.5) is 8.78 Å². The number of alkyl halides is 2. The van der Waals surface area contributed by atoms with Gasteiger partial charge in [0.2, 0.25) is 5.78 Å². The first-order valence-corrected chi connectivity index (χ1v) is 3.99. The van der Waals surface area contributed by atoms with E-state index in [-0.39, 0.29) is 5.56 Å². The summed E-state index contributed by atoms with van der Waals surface area (Å²) in [6.45, 7) is 0. The first-order chi connectivity index (χ1) is 6.70. The summed E-state index contributed by atoms with van der Waals surface area (Å²) >= 11 is 0. The van der Waals surface area contributed by atoms with Crippen LogP contribution in [-0.4, -0.2) is 12.2 Å². The Bertz CT molecular complexity index is 474. The number of hydrogen-bond donors (Lipinski definition) is 0. The highest BCUT2D eigenvalue weighted by molar-refractivity contribution is 6.08. The number of furan rings is 1. The van der Waals surface area contributed by atoms with Gasteiger partial charge in [-0.3, -0.25) is 4.79 Å². The number of benzene rings is 1. The number of carbonyl (C=O) groups excluding carboxylic acids is 1. The molecule has 72 valence electrons. The van der Waals surface area contributed by atoms with E-state index in [1.165, 1.54) is 24.5 Å². The molecule has 2 aromatic rings. The van der Waals surface area contributed by atoms with E-state index in [2.05, 4.69) is 0 Å². The maximum atomic E-state index is 12.2. The zero-order valence-electron chi connectivity index (χ0n) is 7.04. The smallest absolute Gasteiger partial charge is 0.300 e. The van der Waals surface area contributed by atoms with Gasteiger partial charge in [0, 0.05) is 10.9 Å². The zero-order chi connectivity index (χ0) is 10.1. The maximum Gasteiger partial charge on any atom is 0.300 e. The Balaban J connectivity index is 2.62. The van der Waals surface area contributed by atoms with Crippen molar-refractivity contribution in [2.24, 2.45) is 0 Å². The highest BCUT2D eigenvalue weighted by atomic mass is 19.3. The fraction of sp³-hybridized carbons (Fsp3) is 0.100. The summed E-state index contributed by atoms with van der Waals surface area (Å²) in [5.41, 5.74) is 0.447. The number of ketones is 1. The van der Waals surface area contributed by atoms with Crippen LogP contribution >= 0.6 is 0 Å². The molecule has 0 aliphatic rings. The van der Waals surface area contributed by atoms with Crippen LogP contribution in [0.3, 0.4) is 0 Å². The van der Waals surface area contributed by atoms with Gasteiger partial charge >= 0.3 is 6.43 Å². The Morgan fingerprint density at radius 3 is 2.79 bits per heavy atom. The molecule has 0 aliphatic carbocycles. The summed E-state index contributed by atoms with van der Waals surface area (Å²) in [5, 5.41) is 0.429. The van der Waals surface area contributed by atoms with Crippen LogP contribution in [0.25, 0.3) is 11.0 Å². The average molecular weight is 196 g/mol. The molecule has 0 aliphatic heterocycles. The molecule has 0 fully saturated rings. The second kappa shape index (κ2) is 3.21. The molecule has 0 amide bonds. The Labute approximate surface area is 78.1 Å². The van der Waals surface area contributed by atoms with Crippen LogP contribution in [0.2, 0.25) is 0 Å². The quantitative estimate of drug-likeness (QED) is 0.691. The van der Waals surface area contributed by atoms with Crippen LogP contribution in [-0.2, 0) is 0 Å². The van der Waals surface area contributed by atoms with Gasteiger partial charge < -0.3 is 4.42 Å². The molecule has 0 N–H and O–H groups in total. The fourth-order valence-electron chi connectivity index (χ4n) is 1.33. The topological polar surface area (TPSA) is 30.2 Å². The van der Waals surface area contributed by atoms with Crippen molar-refractivity contribution in [1.82, 2.24) is 0 Å². The third-order valence-corrected chi connectivity index (χ3v) is 1.96. The number of rotatable bonds is 2. The lowest BCUT2D eigenvalue weighted by Gasteiger charge is -1.99. The summed E-state index contributed by atoms with van der Waals surface area (Å²) in [5.74, 6) is -1.17. The summed E-state index contributed by atoms with van der Waals surface area (Å²) in [4.78, 5) is 11.1. The average Bonchev–Trinajstić information content (AvgIpc) is 2.63. The standard InChI is InChI=1S/C10H6F2O2/c11-10(12)9(13)7-2-1-3-8-6(7)4-5-14-8/h1-5,10H. The van der Waals surface area contributed by atoms with Crippen LogP contribution < -0.4 is 0 Å². The van der Waals surface area contributed by atoms with Crippen molar-refractivity contribution in [2.45, 2.75) is 6.43 Å². The Morgan fingerprint density at radius 1 is 1.29 bits per heavy atom. The lowest BCUT2D eigenvalue weighted by Crippen LogP contribution is -2.10. The Morgan fingerprint density at radius 2 is 2.07 bits per heavy atom. The van der Waals surface area contributed by atoms with Gasteiger partial charge in [0.15, 0.2) is 0 Å². The minimum atomic E-state index is -2.98. The van der Waals surface area contributed by atoms with Crippen molar-refractivity contribution in [2.75, 3.05) is 0 Å². The van der Waals surface area contributed by atoms with Gasteiger partial charge in [-0.05, 0) is 12.1 Å². The zero-order valence-corrected chi connectivity index (χ0v) is 7.04. The van der Waals surface area contributed by atoms with Crippen molar-refractivity contribution in [3.63, 3.8) is 0 Å². The van der Waals surface area contributed by atoms with Crippen molar-refractivity contribution in [1.29, 1.82) is 0 Å². The maximum absolute atomic E-state index is 12.2. The Hall–Kier alpha value is -1.71. The molecular weight excluding hydrogens is 190 g/mol. The molecule has 0 atom stereocenters. The number of fused-ring (bicyclic) bond motifs is 1. The van der Waals surface area contributed by atoms with E-state index < -0.39 is 12.2 Å². The van der Waals surface area contributed by atoms with E-state index in [0.717, 1.165) is 0 Å². The van der Waals surface area contributed by atoms with Gasteiger partial charge in [0.25, 0.3) is 0 Å². The first kappa shape index (κ1) is 8.87. The van der Waals surface area contributed by atoms with Gasteiger partial charge in [-0.2, -0.15) is 0 Å². The van der Waals surface area contributed by atoms with E-state index >= 15 is 0 Å². The predicted molar refractivity (Wildman–Crippen MR) is 46.5 cm³/mol. The molecular formula is C10H6F2O2. The van der Waals surface area contributed by atoms with E-state index in [1.807, 2.05) is 0 Å². The molecule has 1 aromatic carbocycles. The highest BCUT2D eigenvalue weighted by Gasteiger charge is 2.20.